The summed E-state index contributed by atoms with van der Waals surface area (Å²) in [5, 5.41) is 2.92. The monoisotopic (exact) mass is 403 g/mol. The molecule has 0 aliphatic carbocycles. The summed E-state index contributed by atoms with van der Waals surface area (Å²) < 4.78 is 25.3. The molecule has 2 heterocycles. The molecule has 0 saturated heterocycles. The average Bonchev–Trinajstić information content (AvgIpc) is 2.96. The van der Waals surface area contributed by atoms with Crippen molar-refractivity contribution in [3.05, 3.63) is 70.6 Å². The number of amides is 1. The molecule has 3 rings (SSSR count). The summed E-state index contributed by atoms with van der Waals surface area (Å²) in [4.78, 5) is 17.0. The molecular weight excluding hydrogens is 386 g/mol. The van der Waals surface area contributed by atoms with Crippen molar-refractivity contribution in [2.75, 3.05) is 11.6 Å². The minimum Gasteiger partial charge on any atom is -0.322 e. The number of rotatable bonds is 4. The Morgan fingerprint density at radius 2 is 1.93 bits per heavy atom. The number of hydrogen-bond acceptors (Lipinski definition) is 4. The summed E-state index contributed by atoms with van der Waals surface area (Å²) in [6.07, 6.45) is 4.48. The molecule has 140 valence electrons. The van der Waals surface area contributed by atoms with Gasteiger partial charge in [0.25, 0.3) is 5.91 Å². The molecule has 27 heavy (non-hydrogen) atoms. The molecule has 0 fully saturated rings. The lowest BCUT2D eigenvalue weighted by Crippen LogP contribution is -2.12. The van der Waals surface area contributed by atoms with Crippen LogP contribution in [0.15, 0.2) is 53.7 Å². The first-order valence-electron chi connectivity index (χ1n) is 8.08. The van der Waals surface area contributed by atoms with Crippen molar-refractivity contribution in [2.24, 2.45) is 0 Å². The van der Waals surface area contributed by atoms with Crippen molar-refractivity contribution in [3.63, 3.8) is 0 Å². The smallest absolute Gasteiger partial charge is 0.257 e. The number of pyridine rings is 1. The third-order valence-electron chi connectivity index (χ3n) is 4.04. The lowest BCUT2D eigenvalue weighted by atomic mass is 10.2. The molecule has 2 aromatic heterocycles. The van der Waals surface area contributed by atoms with Crippen molar-refractivity contribution in [3.8, 4) is 5.82 Å². The first-order valence-corrected chi connectivity index (χ1v) is 10.3. The Labute approximate surface area is 162 Å². The number of carbonyl (C=O) groups excluding carboxylic acids is 1. The van der Waals surface area contributed by atoms with Crippen LogP contribution in [0.3, 0.4) is 0 Å². The topological polar surface area (TPSA) is 81.1 Å². The molecule has 0 aliphatic rings. The Kier molecular flexibility index (Phi) is 5.08. The van der Waals surface area contributed by atoms with Gasteiger partial charge in [-0.25, -0.2) is 13.4 Å². The molecule has 0 spiro atoms. The average molecular weight is 404 g/mol. The summed E-state index contributed by atoms with van der Waals surface area (Å²) in [7, 11) is -3.44. The van der Waals surface area contributed by atoms with Crippen LogP contribution in [0, 0.1) is 13.8 Å². The van der Waals surface area contributed by atoms with Crippen LogP contribution in [0.25, 0.3) is 5.82 Å². The van der Waals surface area contributed by atoms with Gasteiger partial charge >= 0.3 is 0 Å². The van der Waals surface area contributed by atoms with E-state index in [2.05, 4.69) is 10.3 Å². The standard InChI is InChI=1S/C19H18ClN3O3S/c1-12-5-4-6-21-18(12)23-11-14(7-13(23)2)19(24)22-16-8-15(20)9-17(10-16)27(3,25)26/h4-11H,1-3H3,(H,22,24). The highest BCUT2D eigenvalue weighted by Crippen LogP contribution is 2.23. The van der Waals surface area contributed by atoms with Crippen LogP contribution >= 0.6 is 11.6 Å². The second kappa shape index (κ2) is 7.17. The summed E-state index contributed by atoms with van der Waals surface area (Å²) in [6.45, 7) is 3.83. The minimum atomic E-state index is -3.44. The molecule has 0 aliphatic heterocycles. The number of carbonyl (C=O) groups is 1. The number of halogens is 1. The first kappa shape index (κ1) is 19.1. The van der Waals surface area contributed by atoms with Gasteiger partial charge in [-0.05, 0) is 49.7 Å². The molecule has 1 aromatic carbocycles. The summed E-state index contributed by atoms with van der Waals surface area (Å²) in [5.41, 5.74) is 2.58. The van der Waals surface area contributed by atoms with E-state index in [1.807, 2.05) is 30.5 Å². The number of hydrogen-bond donors (Lipinski definition) is 1. The van der Waals surface area contributed by atoms with Gasteiger partial charge in [-0.2, -0.15) is 0 Å². The maximum absolute atomic E-state index is 12.6. The van der Waals surface area contributed by atoms with E-state index in [1.54, 1.807) is 18.5 Å². The number of aromatic nitrogens is 2. The van der Waals surface area contributed by atoms with Crippen molar-refractivity contribution in [2.45, 2.75) is 18.7 Å². The van der Waals surface area contributed by atoms with Crippen molar-refractivity contribution in [1.29, 1.82) is 0 Å². The fourth-order valence-electron chi connectivity index (χ4n) is 2.71. The third-order valence-corrected chi connectivity index (χ3v) is 5.35. The Morgan fingerprint density at radius 3 is 2.59 bits per heavy atom. The largest absolute Gasteiger partial charge is 0.322 e. The molecule has 0 atom stereocenters. The van der Waals surface area contributed by atoms with E-state index in [1.165, 1.54) is 18.2 Å². The van der Waals surface area contributed by atoms with Gasteiger partial charge in [0, 0.05) is 35.1 Å². The molecule has 0 saturated carbocycles. The molecule has 6 nitrogen and oxygen atoms in total. The molecule has 0 unspecified atom stereocenters. The summed E-state index contributed by atoms with van der Waals surface area (Å²) >= 11 is 5.98. The quantitative estimate of drug-likeness (QED) is 0.718. The molecule has 8 heteroatoms. The van der Waals surface area contributed by atoms with Gasteiger partial charge < -0.3 is 9.88 Å². The lowest BCUT2D eigenvalue weighted by molar-refractivity contribution is 0.102. The molecule has 1 N–H and O–H groups in total. The van der Waals surface area contributed by atoms with Crippen LogP contribution in [-0.4, -0.2) is 30.1 Å². The van der Waals surface area contributed by atoms with Gasteiger partial charge in [0.15, 0.2) is 9.84 Å². The zero-order chi connectivity index (χ0) is 19.8. The number of sulfone groups is 1. The van der Waals surface area contributed by atoms with E-state index in [0.29, 0.717) is 11.3 Å². The van der Waals surface area contributed by atoms with Gasteiger partial charge in [0.1, 0.15) is 5.82 Å². The van der Waals surface area contributed by atoms with E-state index in [0.717, 1.165) is 23.3 Å². The third kappa shape index (κ3) is 4.20. The normalized spacial score (nSPS) is 11.4. The van der Waals surface area contributed by atoms with E-state index < -0.39 is 9.84 Å². The molecule has 3 aromatic rings. The first-order chi connectivity index (χ1) is 12.6. The number of aryl methyl sites for hydroxylation is 2. The highest BCUT2D eigenvalue weighted by Gasteiger charge is 2.15. The van der Waals surface area contributed by atoms with Crippen molar-refractivity contribution in [1.82, 2.24) is 9.55 Å². The SMILES string of the molecule is Cc1cccnc1-n1cc(C(=O)Nc2cc(Cl)cc(S(C)(=O)=O)c2)cc1C. The van der Waals surface area contributed by atoms with Gasteiger partial charge in [-0.15, -0.1) is 0 Å². The van der Waals surface area contributed by atoms with Crippen LogP contribution in [0.1, 0.15) is 21.6 Å². The number of nitrogens with zero attached hydrogens (tertiary/aromatic N) is 2. The van der Waals surface area contributed by atoms with Crippen molar-refractivity contribution >= 4 is 33.0 Å². The van der Waals surface area contributed by atoms with Crippen LogP contribution in [-0.2, 0) is 9.84 Å². The highest BCUT2D eigenvalue weighted by atomic mass is 35.5. The maximum atomic E-state index is 12.6. The molecule has 1 amide bonds. The zero-order valence-electron chi connectivity index (χ0n) is 15.0. The maximum Gasteiger partial charge on any atom is 0.257 e. The Balaban J connectivity index is 1.91. The minimum absolute atomic E-state index is 0.0446. The molecule has 0 bridgehead atoms. The van der Waals surface area contributed by atoms with Gasteiger partial charge in [0.05, 0.1) is 10.5 Å². The molecular formula is C19H18ClN3O3S. The summed E-state index contributed by atoms with van der Waals surface area (Å²) in [5.74, 6) is 0.378. The Hall–Kier alpha value is -2.64. The van der Waals surface area contributed by atoms with E-state index in [-0.39, 0.29) is 15.8 Å². The summed E-state index contributed by atoms with van der Waals surface area (Å²) in [6, 6.07) is 9.76. The van der Waals surface area contributed by atoms with Crippen LogP contribution in [0.2, 0.25) is 5.02 Å². The van der Waals surface area contributed by atoms with Gasteiger partial charge in [0.2, 0.25) is 0 Å². The van der Waals surface area contributed by atoms with Gasteiger partial charge in [-0.1, -0.05) is 17.7 Å². The van der Waals surface area contributed by atoms with E-state index in [9.17, 15) is 13.2 Å². The number of anilines is 1. The van der Waals surface area contributed by atoms with E-state index >= 15 is 0 Å². The number of nitrogens with one attached hydrogen (secondary N) is 1. The van der Waals surface area contributed by atoms with Crippen LogP contribution in [0.4, 0.5) is 5.69 Å². The molecule has 0 radical (unpaired) electrons. The predicted molar refractivity (Wildman–Crippen MR) is 106 cm³/mol. The Bertz CT molecular complexity index is 1140. The van der Waals surface area contributed by atoms with Crippen LogP contribution < -0.4 is 5.32 Å². The van der Waals surface area contributed by atoms with Crippen molar-refractivity contribution < 1.29 is 13.2 Å². The highest BCUT2D eigenvalue weighted by molar-refractivity contribution is 7.90. The van der Waals surface area contributed by atoms with E-state index in [4.69, 9.17) is 11.6 Å². The fourth-order valence-corrected chi connectivity index (χ4v) is 3.69. The zero-order valence-corrected chi connectivity index (χ0v) is 16.6. The second-order valence-corrected chi connectivity index (χ2v) is 8.74. The van der Waals surface area contributed by atoms with Gasteiger partial charge in [-0.3, -0.25) is 4.79 Å². The number of benzene rings is 1. The van der Waals surface area contributed by atoms with Crippen LogP contribution in [0.5, 0.6) is 0 Å². The lowest BCUT2D eigenvalue weighted by Gasteiger charge is -2.08. The Morgan fingerprint density at radius 1 is 1.19 bits per heavy atom. The predicted octanol–water partition coefficient (Wildman–Crippen LogP) is 3.80. The second-order valence-electron chi connectivity index (χ2n) is 6.29. The fraction of sp³-hybridized carbons (Fsp3) is 0.158.